The van der Waals surface area contributed by atoms with Crippen molar-refractivity contribution in [2.24, 2.45) is 0 Å². The van der Waals surface area contributed by atoms with E-state index in [1.807, 2.05) is 0 Å². The Balaban J connectivity index is 3.73. The number of aliphatic hydroxyl groups is 1. The lowest BCUT2D eigenvalue weighted by Gasteiger charge is -2.17. The zero-order chi connectivity index (χ0) is 36.8. The highest BCUT2D eigenvalue weighted by atomic mass is 16.5. The van der Waals surface area contributed by atoms with E-state index in [4.69, 9.17) is 9.47 Å². The molecule has 51 heavy (non-hydrogen) atoms. The molecule has 0 aliphatic heterocycles. The Morgan fingerprint density at radius 3 is 1.00 bits per heavy atom. The van der Waals surface area contributed by atoms with E-state index in [1.165, 1.54) is 0 Å². The van der Waals surface area contributed by atoms with Crippen molar-refractivity contribution in [1.29, 1.82) is 0 Å². The van der Waals surface area contributed by atoms with Crippen LogP contribution in [0.4, 0.5) is 0 Å². The number of hydrogen-bond acceptors (Lipinski definition) is 3. The minimum Gasteiger partial charge on any atom is -0.396 e. The Morgan fingerprint density at radius 2 is 0.686 bits per heavy atom. The molecule has 0 aliphatic carbocycles. The summed E-state index contributed by atoms with van der Waals surface area (Å²) in [6.45, 7) is 6.41. The fourth-order valence-corrected chi connectivity index (χ4v) is 4.61. The van der Waals surface area contributed by atoms with E-state index < -0.39 is 0 Å². The third-order valence-electron chi connectivity index (χ3n) is 7.48. The Bertz CT molecular complexity index is 1070. The number of aliphatic hydroxyl groups excluding tert-OH is 1. The van der Waals surface area contributed by atoms with Crippen molar-refractivity contribution in [2.45, 2.75) is 129 Å². The molecule has 0 heterocycles. The van der Waals surface area contributed by atoms with Gasteiger partial charge in [0.15, 0.2) is 0 Å². The molecule has 3 nitrogen and oxygen atoms in total. The van der Waals surface area contributed by atoms with E-state index in [0.717, 1.165) is 109 Å². The first-order valence-electron chi connectivity index (χ1n) is 19.9. The normalized spacial score (nSPS) is 14.2. The second-order valence-corrected chi connectivity index (χ2v) is 12.2. The molecule has 0 aromatic heterocycles. The monoisotopic (exact) mass is 699 g/mol. The highest BCUT2D eigenvalue weighted by Gasteiger charge is 2.08. The number of rotatable bonds is 35. The molecule has 0 spiro atoms. The Hall–Kier alpha value is -3.24. The van der Waals surface area contributed by atoms with Crippen LogP contribution in [-0.4, -0.2) is 37.6 Å². The minimum absolute atomic E-state index is 0.0360. The van der Waals surface area contributed by atoms with Crippen molar-refractivity contribution in [3.63, 3.8) is 0 Å². The highest BCUT2D eigenvalue weighted by molar-refractivity contribution is 5.03. The van der Waals surface area contributed by atoms with Gasteiger partial charge in [-0.15, -0.1) is 0 Å². The van der Waals surface area contributed by atoms with E-state index in [0.29, 0.717) is 19.6 Å². The Labute approximate surface area is 315 Å². The molecule has 3 heteroatoms. The summed E-state index contributed by atoms with van der Waals surface area (Å²) in [5, 5.41) is 9.40. The second-order valence-electron chi connectivity index (χ2n) is 12.2. The number of unbranched alkanes of at least 4 members (excludes halogenated alkanes) is 2. The summed E-state index contributed by atoms with van der Waals surface area (Å²) in [5.41, 5.74) is 0. The van der Waals surface area contributed by atoms with Crippen LogP contribution in [0.2, 0.25) is 0 Å². The second kappa shape index (κ2) is 44.8. The standard InChI is InChI=1S/C48H74O3/c1-3-5-7-9-11-13-15-17-19-21-23-25-27-29-31-33-35-37-39-41-45-50-47-48(43-44-49)51-46-42-40-38-36-34-32-30-28-26-24-22-20-18-16-14-12-10-8-6-4-2/h5-8,11-14,17-20,23-26,29-32,35-38,48-49H,3-4,9-10,15-16,21-22,27-28,33-34,39-47H2,1-2H3/b7-5-,8-6-,13-11-,14-12-,19-17-,20-18-,25-23-,26-24-,31-29-,32-30-,37-35-,38-36-. The van der Waals surface area contributed by atoms with E-state index >= 15 is 0 Å². The fourth-order valence-electron chi connectivity index (χ4n) is 4.61. The molecule has 0 rings (SSSR count). The molecule has 0 aromatic carbocycles. The lowest BCUT2D eigenvalue weighted by Crippen LogP contribution is -2.22. The topological polar surface area (TPSA) is 38.7 Å². The Kier molecular flexibility index (Phi) is 41.9. The van der Waals surface area contributed by atoms with Crippen molar-refractivity contribution >= 4 is 0 Å². The lowest BCUT2D eigenvalue weighted by molar-refractivity contribution is -0.0278. The molecule has 0 bridgehead atoms. The Morgan fingerprint density at radius 1 is 0.392 bits per heavy atom. The SMILES string of the molecule is CC/C=C\C/C=C\C/C=C\C/C=C\C/C=C\C/C=C\CCCOCC(CCO)OCCC/C=C\C/C=C\C/C=C\C/C=C\C/C=C\C/C=C\CC. The maximum atomic E-state index is 9.40. The lowest BCUT2D eigenvalue weighted by atomic mass is 10.2. The summed E-state index contributed by atoms with van der Waals surface area (Å²) in [7, 11) is 0. The molecule has 0 saturated carbocycles. The molecular formula is C48H74O3. The molecule has 1 N–H and O–H groups in total. The van der Waals surface area contributed by atoms with Crippen LogP contribution >= 0.6 is 0 Å². The third kappa shape index (κ3) is 42.8. The summed E-state index contributed by atoms with van der Waals surface area (Å²) < 4.78 is 11.8. The molecule has 0 aromatic rings. The predicted molar refractivity (Wildman–Crippen MR) is 227 cm³/mol. The van der Waals surface area contributed by atoms with Crippen LogP contribution in [0.15, 0.2) is 146 Å². The molecule has 0 radical (unpaired) electrons. The van der Waals surface area contributed by atoms with Gasteiger partial charge in [0.05, 0.1) is 12.7 Å². The first-order valence-corrected chi connectivity index (χ1v) is 19.9. The highest BCUT2D eigenvalue weighted by Crippen LogP contribution is 2.05. The minimum atomic E-state index is -0.0360. The van der Waals surface area contributed by atoms with Crippen molar-refractivity contribution < 1.29 is 14.6 Å². The van der Waals surface area contributed by atoms with Gasteiger partial charge in [-0.3, -0.25) is 0 Å². The van der Waals surface area contributed by atoms with Gasteiger partial charge in [-0.25, -0.2) is 0 Å². The smallest absolute Gasteiger partial charge is 0.0830 e. The van der Waals surface area contributed by atoms with E-state index in [9.17, 15) is 5.11 Å². The van der Waals surface area contributed by atoms with Crippen molar-refractivity contribution in [2.75, 3.05) is 26.4 Å². The van der Waals surface area contributed by atoms with Gasteiger partial charge in [-0.05, 0) is 109 Å². The molecule has 0 amide bonds. The van der Waals surface area contributed by atoms with Crippen LogP contribution in [0.3, 0.4) is 0 Å². The first kappa shape index (κ1) is 47.8. The van der Waals surface area contributed by atoms with Gasteiger partial charge in [0.25, 0.3) is 0 Å². The molecule has 0 saturated heterocycles. The van der Waals surface area contributed by atoms with Crippen molar-refractivity contribution in [3.8, 4) is 0 Å². The average Bonchev–Trinajstić information content (AvgIpc) is 3.14. The summed E-state index contributed by atoms with van der Waals surface area (Å²) in [6, 6.07) is 0. The molecule has 284 valence electrons. The van der Waals surface area contributed by atoms with E-state index in [2.05, 4.69) is 160 Å². The average molecular weight is 699 g/mol. The maximum absolute atomic E-state index is 9.40. The van der Waals surface area contributed by atoms with Crippen LogP contribution in [0.25, 0.3) is 0 Å². The van der Waals surface area contributed by atoms with Gasteiger partial charge in [0, 0.05) is 19.8 Å². The molecule has 1 unspecified atom stereocenters. The summed E-state index contributed by atoms with van der Waals surface area (Å²) in [6.07, 6.45) is 70.2. The first-order chi connectivity index (χ1) is 25.3. The summed E-state index contributed by atoms with van der Waals surface area (Å²) >= 11 is 0. The van der Waals surface area contributed by atoms with Gasteiger partial charge in [0.1, 0.15) is 0 Å². The molecule has 0 fully saturated rings. The molecule has 1 atom stereocenters. The zero-order valence-corrected chi connectivity index (χ0v) is 32.5. The molecular weight excluding hydrogens is 625 g/mol. The zero-order valence-electron chi connectivity index (χ0n) is 32.5. The van der Waals surface area contributed by atoms with Crippen LogP contribution < -0.4 is 0 Å². The predicted octanol–water partition coefficient (Wildman–Crippen LogP) is 13.7. The fraction of sp³-hybridized carbons (Fsp3) is 0.500. The maximum Gasteiger partial charge on any atom is 0.0830 e. The van der Waals surface area contributed by atoms with E-state index in [1.54, 1.807) is 0 Å². The largest absolute Gasteiger partial charge is 0.396 e. The van der Waals surface area contributed by atoms with Crippen LogP contribution in [0.5, 0.6) is 0 Å². The van der Waals surface area contributed by atoms with Gasteiger partial charge in [-0.2, -0.15) is 0 Å². The molecule has 0 aliphatic rings. The van der Waals surface area contributed by atoms with Crippen molar-refractivity contribution in [1.82, 2.24) is 0 Å². The number of allylic oxidation sites excluding steroid dienone is 24. The van der Waals surface area contributed by atoms with Gasteiger partial charge in [-0.1, -0.05) is 160 Å². The van der Waals surface area contributed by atoms with Gasteiger partial charge < -0.3 is 14.6 Å². The van der Waals surface area contributed by atoms with Crippen LogP contribution in [0, 0.1) is 0 Å². The van der Waals surface area contributed by atoms with Gasteiger partial charge in [0.2, 0.25) is 0 Å². The van der Waals surface area contributed by atoms with Gasteiger partial charge >= 0.3 is 0 Å². The number of hydrogen-bond donors (Lipinski definition) is 1. The van der Waals surface area contributed by atoms with Crippen LogP contribution in [0.1, 0.15) is 123 Å². The van der Waals surface area contributed by atoms with Crippen molar-refractivity contribution in [3.05, 3.63) is 146 Å². The van der Waals surface area contributed by atoms with Crippen LogP contribution in [-0.2, 0) is 9.47 Å². The van der Waals surface area contributed by atoms with E-state index in [-0.39, 0.29) is 12.7 Å². The number of ether oxygens (including phenoxy) is 2. The quantitative estimate of drug-likeness (QED) is 0.0529. The third-order valence-corrected chi connectivity index (χ3v) is 7.48. The summed E-state index contributed by atoms with van der Waals surface area (Å²) in [4.78, 5) is 0. The summed E-state index contributed by atoms with van der Waals surface area (Å²) in [5.74, 6) is 0.